The Bertz CT molecular complexity index is 604. The van der Waals surface area contributed by atoms with Crippen molar-refractivity contribution < 1.29 is 9.66 Å². The maximum Gasteiger partial charge on any atom is 0.270 e. The van der Waals surface area contributed by atoms with Crippen molar-refractivity contribution in [2.75, 3.05) is 0 Å². The highest BCUT2D eigenvalue weighted by Gasteiger charge is 2.11. The van der Waals surface area contributed by atoms with Crippen LogP contribution in [0.25, 0.3) is 0 Å². The number of nitro groups is 1. The van der Waals surface area contributed by atoms with Gasteiger partial charge in [0, 0.05) is 12.1 Å². The molecular formula is C12H7BrINO3. The highest BCUT2D eigenvalue weighted by molar-refractivity contribution is 14.1. The normalized spacial score (nSPS) is 10.1. The van der Waals surface area contributed by atoms with Crippen molar-refractivity contribution in [1.29, 1.82) is 0 Å². The predicted octanol–water partition coefficient (Wildman–Crippen LogP) is 4.75. The van der Waals surface area contributed by atoms with Crippen molar-refractivity contribution in [3.05, 3.63) is 60.6 Å². The minimum Gasteiger partial charge on any atom is -0.455 e. The summed E-state index contributed by atoms with van der Waals surface area (Å²) in [6, 6.07) is 11.9. The maximum atomic E-state index is 10.6. The third-order valence-electron chi connectivity index (χ3n) is 2.18. The molecule has 0 aliphatic heterocycles. The summed E-state index contributed by atoms with van der Waals surface area (Å²) in [5, 5.41) is 10.6. The predicted molar refractivity (Wildman–Crippen MR) is 80.0 cm³/mol. The van der Waals surface area contributed by atoms with Gasteiger partial charge in [0.15, 0.2) is 0 Å². The van der Waals surface area contributed by atoms with E-state index in [-0.39, 0.29) is 5.69 Å². The van der Waals surface area contributed by atoms with Crippen LogP contribution in [0, 0.1) is 13.7 Å². The first-order chi connectivity index (χ1) is 8.58. The Labute approximate surface area is 125 Å². The number of rotatable bonds is 3. The average molecular weight is 420 g/mol. The van der Waals surface area contributed by atoms with Crippen LogP contribution in [0.15, 0.2) is 46.9 Å². The van der Waals surface area contributed by atoms with Crippen LogP contribution in [0.3, 0.4) is 0 Å². The average Bonchev–Trinajstić information content (AvgIpc) is 2.34. The molecule has 0 amide bonds. The number of nitro benzene ring substituents is 1. The number of nitrogens with zero attached hydrogens (tertiary/aromatic N) is 1. The van der Waals surface area contributed by atoms with Gasteiger partial charge in [-0.2, -0.15) is 0 Å². The fourth-order valence-corrected chi connectivity index (χ4v) is 2.31. The van der Waals surface area contributed by atoms with Gasteiger partial charge in [-0.3, -0.25) is 10.1 Å². The van der Waals surface area contributed by atoms with E-state index >= 15 is 0 Å². The van der Waals surface area contributed by atoms with Crippen molar-refractivity contribution in [3.63, 3.8) is 0 Å². The van der Waals surface area contributed by atoms with E-state index in [0.29, 0.717) is 15.1 Å². The van der Waals surface area contributed by atoms with Gasteiger partial charge in [-0.25, -0.2) is 0 Å². The Hall–Kier alpha value is -1.15. The molecule has 2 rings (SSSR count). The molecule has 18 heavy (non-hydrogen) atoms. The Morgan fingerprint density at radius 2 is 1.89 bits per heavy atom. The number of ether oxygens (including phenoxy) is 1. The lowest BCUT2D eigenvalue weighted by atomic mass is 10.3. The second-order valence-electron chi connectivity index (χ2n) is 3.40. The van der Waals surface area contributed by atoms with Crippen molar-refractivity contribution in [2.45, 2.75) is 0 Å². The molecule has 0 bridgehead atoms. The van der Waals surface area contributed by atoms with Crippen molar-refractivity contribution in [2.24, 2.45) is 0 Å². The quantitative estimate of drug-likeness (QED) is 0.409. The Morgan fingerprint density at radius 3 is 2.50 bits per heavy atom. The lowest BCUT2D eigenvalue weighted by Crippen LogP contribution is -1.92. The first-order valence-electron chi connectivity index (χ1n) is 4.94. The molecule has 0 unspecified atom stereocenters. The fraction of sp³-hybridized carbons (Fsp3) is 0. The summed E-state index contributed by atoms with van der Waals surface area (Å²) < 4.78 is 7.22. The van der Waals surface area contributed by atoms with Crippen molar-refractivity contribution in [1.82, 2.24) is 0 Å². The molecular weight excluding hydrogens is 413 g/mol. The number of benzene rings is 2. The molecule has 0 aromatic heterocycles. The van der Waals surface area contributed by atoms with Crippen LogP contribution in [0.5, 0.6) is 11.5 Å². The molecule has 2 aromatic carbocycles. The van der Waals surface area contributed by atoms with Gasteiger partial charge < -0.3 is 4.74 Å². The summed E-state index contributed by atoms with van der Waals surface area (Å²) in [4.78, 5) is 10.2. The molecule has 6 heteroatoms. The lowest BCUT2D eigenvalue weighted by molar-refractivity contribution is -0.385. The van der Waals surface area contributed by atoms with E-state index in [2.05, 4.69) is 15.9 Å². The van der Waals surface area contributed by atoms with Gasteiger partial charge in [0.1, 0.15) is 11.5 Å². The molecule has 0 aliphatic carbocycles. The van der Waals surface area contributed by atoms with Crippen LogP contribution in [-0.2, 0) is 0 Å². The molecule has 0 saturated carbocycles. The van der Waals surface area contributed by atoms with Crippen LogP contribution < -0.4 is 4.74 Å². The first kappa shape index (κ1) is 13.3. The SMILES string of the molecule is O=[N+]([O-])c1ccc(Oc2ccccc2Br)c(I)c1. The number of para-hydroxylation sites is 1. The highest BCUT2D eigenvalue weighted by atomic mass is 127. The zero-order valence-electron chi connectivity index (χ0n) is 8.97. The number of hydrogen-bond donors (Lipinski definition) is 0. The van der Waals surface area contributed by atoms with Gasteiger partial charge in [-0.05, 0) is 56.7 Å². The standard InChI is InChI=1S/C12H7BrINO3/c13-9-3-1-2-4-11(9)18-12-6-5-8(15(16)17)7-10(12)14/h1-7H. The molecule has 2 aromatic rings. The Morgan fingerprint density at radius 1 is 1.17 bits per heavy atom. The monoisotopic (exact) mass is 419 g/mol. The van der Waals surface area contributed by atoms with Gasteiger partial charge >= 0.3 is 0 Å². The van der Waals surface area contributed by atoms with Gasteiger partial charge in [-0.1, -0.05) is 12.1 Å². The van der Waals surface area contributed by atoms with Gasteiger partial charge in [0.05, 0.1) is 13.0 Å². The van der Waals surface area contributed by atoms with Crippen LogP contribution in [0.4, 0.5) is 5.69 Å². The smallest absolute Gasteiger partial charge is 0.270 e. The third kappa shape index (κ3) is 2.99. The van der Waals surface area contributed by atoms with Gasteiger partial charge in [0.2, 0.25) is 0 Å². The van der Waals surface area contributed by atoms with E-state index in [1.807, 2.05) is 46.9 Å². The molecule has 0 fully saturated rings. The second kappa shape index (κ2) is 5.66. The Kier molecular flexibility index (Phi) is 4.18. The number of halogens is 2. The van der Waals surface area contributed by atoms with E-state index in [9.17, 15) is 10.1 Å². The zero-order chi connectivity index (χ0) is 13.1. The minimum atomic E-state index is -0.426. The molecule has 4 nitrogen and oxygen atoms in total. The summed E-state index contributed by atoms with van der Waals surface area (Å²) >= 11 is 5.39. The molecule has 0 heterocycles. The number of non-ortho nitro benzene ring substituents is 1. The zero-order valence-corrected chi connectivity index (χ0v) is 12.7. The van der Waals surface area contributed by atoms with E-state index < -0.39 is 4.92 Å². The molecule has 0 spiro atoms. The summed E-state index contributed by atoms with van der Waals surface area (Å²) in [5.41, 5.74) is 0.0545. The fourth-order valence-electron chi connectivity index (χ4n) is 1.33. The Balaban J connectivity index is 2.30. The van der Waals surface area contributed by atoms with E-state index in [4.69, 9.17) is 4.74 Å². The van der Waals surface area contributed by atoms with Crippen molar-refractivity contribution >= 4 is 44.2 Å². The van der Waals surface area contributed by atoms with Crippen molar-refractivity contribution in [3.8, 4) is 11.5 Å². The summed E-state index contributed by atoms with van der Waals surface area (Å²) in [6.45, 7) is 0. The van der Waals surface area contributed by atoms with Gasteiger partial charge in [0.25, 0.3) is 5.69 Å². The van der Waals surface area contributed by atoms with E-state index in [0.717, 1.165) is 4.47 Å². The van der Waals surface area contributed by atoms with Crippen LogP contribution in [0.1, 0.15) is 0 Å². The van der Waals surface area contributed by atoms with E-state index in [1.165, 1.54) is 12.1 Å². The van der Waals surface area contributed by atoms with Crippen LogP contribution >= 0.6 is 38.5 Å². The first-order valence-corrected chi connectivity index (χ1v) is 6.81. The minimum absolute atomic E-state index is 0.0545. The lowest BCUT2D eigenvalue weighted by Gasteiger charge is -2.08. The topological polar surface area (TPSA) is 52.4 Å². The molecule has 0 atom stereocenters. The highest BCUT2D eigenvalue weighted by Crippen LogP contribution is 2.33. The molecule has 92 valence electrons. The molecule has 0 saturated heterocycles. The van der Waals surface area contributed by atoms with Gasteiger partial charge in [-0.15, -0.1) is 0 Å². The maximum absolute atomic E-state index is 10.6. The molecule has 0 N–H and O–H groups in total. The third-order valence-corrected chi connectivity index (χ3v) is 3.68. The van der Waals surface area contributed by atoms with E-state index in [1.54, 1.807) is 6.07 Å². The summed E-state index contributed by atoms with van der Waals surface area (Å²) in [7, 11) is 0. The molecule has 0 radical (unpaired) electrons. The summed E-state index contributed by atoms with van der Waals surface area (Å²) in [6.07, 6.45) is 0. The molecule has 0 aliphatic rings. The second-order valence-corrected chi connectivity index (χ2v) is 5.42. The van der Waals surface area contributed by atoms with Crippen LogP contribution in [-0.4, -0.2) is 4.92 Å². The number of hydrogen-bond acceptors (Lipinski definition) is 3. The van der Waals surface area contributed by atoms with Crippen LogP contribution in [0.2, 0.25) is 0 Å². The summed E-state index contributed by atoms with van der Waals surface area (Å²) in [5.74, 6) is 1.26. The largest absolute Gasteiger partial charge is 0.455 e.